The van der Waals surface area contributed by atoms with Gasteiger partial charge in [0.1, 0.15) is 0 Å². The van der Waals surface area contributed by atoms with Crippen molar-refractivity contribution in [2.45, 2.75) is 19.8 Å². The van der Waals surface area contributed by atoms with Crippen molar-refractivity contribution in [3.8, 4) is 6.07 Å². The first-order valence-corrected chi connectivity index (χ1v) is 7.17. The number of aryl methyl sites for hydroxylation is 1. The minimum atomic E-state index is 0.595. The third-order valence-corrected chi connectivity index (χ3v) is 4.09. The summed E-state index contributed by atoms with van der Waals surface area (Å²) in [4.78, 5) is 5.45. The van der Waals surface area contributed by atoms with Crippen molar-refractivity contribution in [3.63, 3.8) is 0 Å². The van der Waals surface area contributed by atoms with Crippen LogP contribution in [0, 0.1) is 11.3 Å². The van der Waals surface area contributed by atoms with Crippen LogP contribution in [0.2, 0.25) is 0 Å². The summed E-state index contributed by atoms with van der Waals surface area (Å²) in [6, 6.07) is 7.98. The number of nitrogens with zero attached hydrogens (tertiary/aromatic N) is 2. The molecule has 0 bridgehead atoms. The number of rotatable bonds is 3. The van der Waals surface area contributed by atoms with Crippen LogP contribution in [0.1, 0.15) is 28.6 Å². The van der Waals surface area contributed by atoms with Gasteiger partial charge in [-0.1, -0.05) is 28.9 Å². The van der Waals surface area contributed by atoms with Crippen LogP contribution in [0.5, 0.6) is 0 Å². The lowest BCUT2D eigenvalue weighted by Crippen LogP contribution is -1.94. The predicted octanol–water partition coefficient (Wildman–Crippen LogP) is 3.51. The van der Waals surface area contributed by atoms with Crippen molar-refractivity contribution in [1.29, 1.82) is 5.26 Å². The molecular weight excluding hydrogens is 310 g/mol. The summed E-state index contributed by atoms with van der Waals surface area (Å²) < 4.78 is 0.919. The third kappa shape index (κ3) is 2.71. The number of hydrogen-bond donors (Lipinski definition) is 1. The van der Waals surface area contributed by atoms with Gasteiger partial charge in [-0.2, -0.15) is 5.26 Å². The highest BCUT2D eigenvalue weighted by Crippen LogP contribution is 2.26. The quantitative estimate of drug-likeness (QED) is 0.940. The Kier molecular flexibility index (Phi) is 4.00. The average Bonchev–Trinajstić information content (AvgIpc) is 2.71. The van der Waals surface area contributed by atoms with Gasteiger partial charge < -0.3 is 5.73 Å². The average molecular weight is 322 g/mol. The van der Waals surface area contributed by atoms with Crippen LogP contribution in [0.25, 0.3) is 0 Å². The fourth-order valence-corrected chi connectivity index (χ4v) is 3.10. The van der Waals surface area contributed by atoms with Crippen molar-refractivity contribution in [3.05, 3.63) is 44.4 Å². The topological polar surface area (TPSA) is 62.7 Å². The summed E-state index contributed by atoms with van der Waals surface area (Å²) in [7, 11) is 0. The number of benzene rings is 1. The van der Waals surface area contributed by atoms with E-state index >= 15 is 0 Å². The molecule has 0 amide bonds. The molecule has 1 aromatic heterocycles. The lowest BCUT2D eigenvalue weighted by molar-refractivity contribution is 1.02. The molecule has 1 heterocycles. The van der Waals surface area contributed by atoms with E-state index in [4.69, 9.17) is 11.0 Å². The normalized spacial score (nSPS) is 10.3. The molecule has 0 fully saturated rings. The maximum absolute atomic E-state index is 9.14. The zero-order valence-corrected chi connectivity index (χ0v) is 12.3. The molecule has 0 aliphatic rings. The smallest absolute Gasteiger partial charge is 0.180 e. The number of thiazole rings is 1. The molecule has 0 spiro atoms. The number of halogens is 1. The third-order valence-electron chi connectivity index (χ3n) is 2.67. The summed E-state index contributed by atoms with van der Waals surface area (Å²) in [5.41, 5.74) is 8.48. The molecule has 18 heavy (non-hydrogen) atoms. The molecule has 0 aliphatic carbocycles. The van der Waals surface area contributed by atoms with E-state index in [0.29, 0.717) is 17.1 Å². The van der Waals surface area contributed by atoms with E-state index in [1.54, 1.807) is 0 Å². The minimum Gasteiger partial charge on any atom is -0.375 e. The number of nitrogens with two attached hydrogens (primary N) is 1. The molecule has 0 radical (unpaired) electrons. The van der Waals surface area contributed by atoms with Gasteiger partial charge in [0.2, 0.25) is 0 Å². The first-order valence-electron chi connectivity index (χ1n) is 5.56. The van der Waals surface area contributed by atoms with Crippen LogP contribution >= 0.6 is 27.3 Å². The van der Waals surface area contributed by atoms with E-state index in [0.717, 1.165) is 27.0 Å². The highest BCUT2D eigenvalue weighted by Gasteiger charge is 2.11. The van der Waals surface area contributed by atoms with E-state index in [1.807, 2.05) is 18.2 Å². The molecule has 0 saturated heterocycles. The van der Waals surface area contributed by atoms with Crippen molar-refractivity contribution in [1.82, 2.24) is 4.98 Å². The molecule has 0 aliphatic heterocycles. The summed E-state index contributed by atoms with van der Waals surface area (Å²) in [6.07, 6.45) is 1.58. The van der Waals surface area contributed by atoms with Gasteiger partial charge in [-0.25, -0.2) is 4.98 Å². The number of nitriles is 1. The second kappa shape index (κ2) is 5.51. The Bertz CT molecular complexity index is 613. The summed E-state index contributed by atoms with van der Waals surface area (Å²) in [5, 5.41) is 9.74. The molecule has 0 saturated carbocycles. The summed E-state index contributed by atoms with van der Waals surface area (Å²) in [6.45, 7) is 2.06. The van der Waals surface area contributed by atoms with Crippen LogP contribution in [0.3, 0.4) is 0 Å². The van der Waals surface area contributed by atoms with Crippen molar-refractivity contribution in [2.24, 2.45) is 0 Å². The van der Waals surface area contributed by atoms with Crippen LogP contribution in [0.15, 0.2) is 22.7 Å². The Balaban J connectivity index is 2.37. The maximum atomic E-state index is 9.14. The Labute approximate surface area is 118 Å². The van der Waals surface area contributed by atoms with E-state index in [-0.39, 0.29) is 0 Å². The van der Waals surface area contributed by atoms with Gasteiger partial charge in [0.05, 0.1) is 17.3 Å². The second-order valence-electron chi connectivity index (χ2n) is 3.87. The summed E-state index contributed by atoms with van der Waals surface area (Å²) >= 11 is 4.88. The molecule has 0 unspecified atom stereocenters. The van der Waals surface area contributed by atoms with Crippen molar-refractivity contribution in [2.75, 3.05) is 5.73 Å². The van der Waals surface area contributed by atoms with Crippen LogP contribution in [-0.2, 0) is 12.8 Å². The van der Waals surface area contributed by atoms with Crippen molar-refractivity contribution >= 4 is 32.4 Å². The SMILES string of the molecule is CCc1nc(N)sc1Cc1ccc(Br)cc1C#N. The molecule has 5 heteroatoms. The van der Waals surface area contributed by atoms with Gasteiger partial charge in [0.15, 0.2) is 5.13 Å². The first-order chi connectivity index (χ1) is 8.63. The fraction of sp³-hybridized carbons (Fsp3) is 0.231. The number of anilines is 1. The number of hydrogen-bond acceptors (Lipinski definition) is 4. The van der Waals surface area contributed by atoms with Gasteiger partial charge in [0, 0.05) is 15.8 Å². The lowest BCUT2D eigenvalue weighted by Gasteiger charge is -2.04. The largest absolute Gasteiger partial charge is 0.375 e. The van der Waals surface area contributed by atoms with Crippen LogP contribution in [-0.4, -0.2) is 4.98 Å². The minimum absolute atomic E-state index is 0.595. The first kappa shape index (κ1) is 13.1. The van der Waals surface area contributed by atoms with Gasteiger partial charge >= 0.3 is 0 Å². The Morgan fingerprint density at radius 2 is 2.28 bits per heavy atom. The van der Waals surface area contributed by atoms with Crippen LogP contribution in [0.4, 0.5) is 5.13 Å². The van der Waals surface area contributed by atoms with Gasteiger partial charge in [0.25, 0.3) is 0 Å². The molecule has 92 valence electrons. The second-order valence-corrected chi connectivity index (χ2v) is 5.90. The molecule has 2 rings (SSSR count). The number of nitrogen functional groups attached to an aromatic ring is 1. The maximum Gasteiger partial charge on any atom is 0.180 e. The highest BCUT2D eigenvalue weighted by atomic mass is 79.9. The monoisotopic (exact) mass is 321 g/mol. The molecule has 1 aromatic carbocycles. The van der Waals surface area contributed by atoms with E-state index in [9.17, 15) is 0 Å². The number of aromatic nitrogens is 1. The Morgan fingerprint density at radius 3 is 2.94 bits per heavy atom. The van der Waals surface area contributed by atoms with Crippen molar-refractivity contribution < 1.29 is 0 Å². The molecular formula is C13H12BrN3S. The molecule has 2 aromatic rings. The molecule has 0 atom stereocenters. The standard InChI is InChI=1S/C13H12BrN3S/c1-2-11-12(18-13(16)17-11)6-8-3-4-10(14)5-9(8)7-15/h3-5H,2,6H2,1H3,(H2,16,17). The van der Waals surface area contributed by atoms with E-state index in [2.05, 4.69) is 33.9 Å². The van der Waals surface area contributed by atoms with E-state index in [1.165, 1.54) is 11.3 Å². The van der Waals surface area contributed by atoms with Gasteiger partial charge in [-0.15, -0.1) is 11.3 Å². The zero-order chi connectivity index (χ0) is 13.1. The van der Waals surface area contributed by atoms with Gasteiger partial charge in [-0.05, 0) is 24.1 Å². The fourth-order valence-electron chi connectivity index (χ4n) is 1.80. The van der Waals surface area contributed by atoms with Crippen LogP contribution < -0.4 is 5.73 Å². The predicted molar refractivity (Wildman–Crippen MR) is 77.6 cm³/mol. The zero-order valence-electron chi connectivity index (χ0n) is 9.90. The Hall–Kier alpha value is -1.38. The van der Waals surface area contributed by atoms with Gasteiger partial charge in [-0.3, -0.25) is 0 Å². The summed E-state index contributed by atoms with van der Waals surface area (Å²) in [5.74, 6) is 0. The Morgan fingerprint density at radius 1 is 1.50 bits per heavy atom. The molecule has 3 nitrogen and oxygen atoms in total. The lowest BCUT2D eigenvalue weighted by atomic mass is 10.0. The highest BCUT2D eigenvalue weighted by molar-refractivity contribution is 9.10. The van der Waals surface area contributed by atoms with E-state index < -0.39 is 0 Å². The molecule has 2 N–H and O–H groups in total.